The molecule has 0 bridgehead atoms. The smallest absolute Gasteiger partial charge is 0.219 e. The lowest BCUT2D eigenvalue weighted by molar-refractivity contribution is -0.118. The second kappa shape index (κ2) is 4.19. The van der Waals surface area contributed by atoms with E-state index in [2.05, 4.69) is 0 Å². The highest BCUT2D eigenvalue weighted by Crippen LogP contribution is 2.16. The van der Waals surface area contributed by atoms with Crippen molar-refractivity contribution in [2.24, 2.45) is 11.5 Å². The molecule has 0 saturated carbocycles. The van der Waals surface area contributed by atoms with E-state index in [1.807, 2.05) is 0 Å². The van der Waals surface area contributed by atoms with E-state index in [0.29, 0.717) is 5.56 Å². The van der Waals surface area contributed by atoms with Crippen molar-refractivity contribution < 1.29 is 9.18 Å². The van der Waals surface area contributed by atoms with Crippen molar-refractivity contribution in [1.82, 2.24) is 0 Å². The van der Waals surface area contributed by atoms with Crippen LogP contribution in [0.4, 0.5) is 4.39 Å². The molecule has 0 unspecified atom stereocenters. The Morgan fingerprint density at radius 1 is 1.57 bits per heavy atom. The van der Waals surface area contributed by atoms with Crippen LogP contribution in [0.25, 0.3) is 0 Å². The van der Waals surface area contributed by atoms with Gasteiger partial charge in [0, 0.05) is 12.5 Å². The van der Waals surface area contributed by atoms with Crippen LogP contribution in [0.3, 0.4) is 0 Å². The summed E-state index contributed by atoms with van der Waals surface area (Å²) in [5, 5.41) is 0. The summed E-state index contributed by atoms with van der Waals surface area (Å²) in [5.41, 5.74) is 11.9. The van der Waals surface area contributed by atoms with Gasteiger partial charge in [-0.05, 0) is 24.1 Å². The van der Waals surface area contributed by atoms with Crippen molar-refractivity contribution in [3.63, 3.8) is 0 Å². The molecule has 0 aliphatic heterocycles. The van der Waals surface area contributed by atoms with Crippen LogP contribution in [-0.4, -0.2) is 5.91 Å². The fraction of sp³-hybridized carbons (Fsp3) is 0.300. The normalized spacial score (nSPS) is 12.5. The lowest BCUT2D eigenvalue weighted by Gasteiger charge is -2.10. The van der Waals surface area contributed by atoms with Gasteiger partial charge in [-0.1, -0.05) is 12.1 Å². The molecule has 0 radical (unpaired) electrons. The van der Waals surface area contributed by atoms with Crippen LogP contribution in [-0.2, 0) is 4.79 Å². The highest BCUT2D eigenvalue weighted by atomic mass is 19.1. The molecule has 0 fully saturated rings. The lowest BCUT2D eigenvalue weighted by Crippen LogP contribution is -2.20. The molecule has 0 aromatic heterocycles. The number of primary amides is 1. The first-order valence-electron chi connectivity index (χ1n) is 4.30. The Balaban J connectivity index is 2.85. The zero-order valence-corrected chi connectivity index (χ0v) is 7.96. The molecule has 1 aromatic carbocycles. The quantitative estimate of drug-likeness (QED) is 0.757. The van der Waals surface area contributed by atoms with Crippen molar-refractivity contribution in [2.45, 2.75) is 19.4 Å². The Morgan fingerprint density at radius 2 is 2.21 bits per heavy atom. The molecule has 1 amide bonds. The number of halogens is 1. The minimum Gasteiger partial charge on any atom is -0.370 e. The van der Waals surface area contributed by atoms with E-state index in [0.717, 1.165) is 5.56 Å². The molecule has 0 aliphatic carbocycles. The third-order valence-electron chi connectivity index (χ3n) is 2.03. The van der Waals surface area contributed by atoms with E-state index >= 15 is 0 Å². The van der Waals surface area contributed by atoms with Crippen LogP contribution in [0.15, 0.2) is 18.2 Å². The summed E-state index contributed by atoms with van der Waals surface area (Å²) in [4.78, 5) is 10.6. The number of hydrogen-bond donors (Lipinski definition) is 2. The number of benzene rings is 1. The van der Waals surface area contributed by atoms with Gasteiger partial charge in [-0.15, -0.1) is 0 Å². The van der Waals surface area contributed by atoms with E-state index in [1.165, 1.54) is 6.07 Å². The van der Waals surface area contributed by atoms with Crippen LogP contribution >= 0.6 is 0 Å². The Labute approximate surface area is 81.9 Å². The average molecular weight is 196 g/mol. The molecule has 76 valence electrons. The Hall–Kier alpha value is -1.42. The summed E-state index contributed by atoms with van der Waals surface area (Å²) in [6, 6.07) is 4.08. The number of amides is 1. The average Bonchev–Trinajstić information content (AvgIpc) is 2.08. The van der Waals surface area contributed by atoms with E-state index < -0.39 is 11.9 Å². The maximum atomic E-state index is 12.9. The van der Waals surface area contributed by atoms with E-state index in [-0.39, 0.29) is 12.2 Å². The molecule has 1 rings (SSSR count). The van der Waals surface area contributed by atoms with Crippen LogP contribution < -0.4 is 11.5 Å². The van der Waals surface area contributed by atoms with Gasteiger partial charge in [0.2, 0.25) is 5.91 Å². The molecular formula is C10H13FN2O. The Kier molecular flexibility index (Phi) is 3.19. The molecule has 0 aliphatic rings. The van der Waals surface area contributed by atoms with Crippen LogP contribution in [0, 0.1) is 12.7 Å². The number of hydrogen-bond acceptors (Lipinski definition) is 2. The van der Waals surface area contributed by atoms with Crippen molar-refractivity contribution in [1.29, 1.82) is 0 Å². The zero-order valence-electron chi connectivity index (χ0n) is 7.96. The molecule has 0 spiro atoms. The van der Waals surface area contributed by atoms with Crippen LogP contribution in [0.2, 0.25) is 0 Å². The topological polar surface area (TPSA) is 69.1 Å². The van der Waals surface area contributed by atoms with Gasteiger partial charge in [0.25, 0.3) is 0 Å². The Bertz CT molecular complexity index is 352. The number of carbonyl (C=O) groups is 1. The SMILES string of the molecule is Cc1cc([C@@H](N)CC(N)=O)ccc1F. The summed E-state index contributed by atoms with van der Waals surface area (Å²) in [6.45, 7) is 1.65. The molecule has 1 atom stereocenters. The third kappa shape index (κ3) is 2.53. The highest BCUT2D eigenvalue weighted by molar-refractivity contribution is 5.74. The maximum Gasteiger partial charge on any atom is 0.219 e. The van der Waals surface area contributed by atoms with Crippen molar-refractivity contribution in [3.05, 3.63) is 35.1 Å². The van der Waals surface area contributed by atoms with Gasteiger partial charge < -0.3 is 11.5 Å². The molecular weight excluding hydrogens is 183 g/mol. The first-order chi connectivity index (χ1) is 6.50. The maximum absolute atomic E-state index is 12.9. The number of carbonyl (C=O) groups excluding carboxylic acids is 1. The number of nitrogens with two attached hydrogens (primary N) is 2. The van der Waals surface area contributed by atoms with Gasteiger partial charge >= 0.3 is 0 Å². The monoisotopic (exact) mass is 196 g/mol. The second-order valence-corrected chi connectivity index (χ2v) is 3.29. The summed E-state index contributed by atoms with van der Waals surface area (Å²) in [6.07, 6.45) is 0.0745. The molecule has 14 heavy (non-hydrogen) atoms. The molecule has 1 aromatic rings. The predicted octanol–water partition coefficient (Wildman–Crippen LogP) is 1.01. The summed E-state index contributed by atoms with van der Waals surface area (Å²) >= 11 is 0. The van der Waals surface area contributed by atoms with Gasteiger partial charge in [0.15, 0.2) is 0 Å². The minimum absolute atomic E-state index is 0.0745. The molecule has 3 nitrogen and oxygen atoms in total. The Morgan fingerprint density at radius 3 is 2.71 bits per heavy atom. The van der Waals surface area contributed by atoms with Gasteiger partial charge in [-0.25, -0.2) is 4.39 Å². The van der Waals surface area contributed by atoms with Crippen LogP contribution in [0.5, 0.6) is 0 Å². The summed E-state index contributed by atoms with van der Waals surface area (Å²) in [5.74, 6) is -0.737. The minimum atomic E-state index is -0.459. The van der Waals surface area contributed by atoms with E-state index in [9.17, 15) is 9.18 Å². The number of rotatable bonds is 3. The molecule has 4 N–H and O–H groups in total. The lowest BCUT2D eigenvalue weighted by atomic mass is 10.0. The second-order valence-electron chi connectivity index (χ2n) is 3.29. The van der Waals surface area contributed by atoms with E-state index in [4.69, 9.17) is 11.5 Å². The predicted molar refractivity (Wildman–Crippen MR) is 51.9 cm³/mol. The fourth-order valence-corrected chi connectivity index (χ4v) is 1.23. The zero-order chi connectivity index (χ0) is 10.7. The van der Waals surface area contributed by atoms with Crippen molar-refractivity contribution in [2.75, 3.05) is 0 Å². The van der Waals surface area contributed by atoms with Crippen molar-refractivity contribution >= 4 is 5.91 Å². The van der Waals surface area contributed by atoms with Gasteiger partial charge in [0.05, 0.1) is 0 Å². The summed E-state index contributed by atoms with van der Waals surface area (Å²) in [7, 11) is 0. The van der Waals surface area contributed by atoms with Gasteiger partial charge in [-0.2, -0.15) is 0 Å². The number of aryl methyl sites for hydroxylation is 1. The van der Waals surface area contributed by atoms with Gasteiger partial charge in [-0.3, -0.25) is 4.79 Å². The highest BCUT2D eigenvalue weighted by Gasteiger charge is 2.10. The van der Waals surface area contributed by atoms with Crippen molar-refractivity contribution in [3.8, 4) is 0 Å². The summed E-state index contributed by atoms with van der Waals surface area (Å²) < 4.78 is 12.9. The molecule has 4 heteroatoms. The first kappa shape index (κ1) is 10.7. The molecule has 0 heterocycles. The standard InChI is InChI=1S/C10H13FN2O/c1-6-4-7(2-3-8(6)11)9(12)5-10(13)14/h2-4,9H,5,12H2,1H3,(H2,13,14)/t9-/m0/s1. The molecule has 0 saturated heterocycles. The fourth-order valence-electron chi connectivity index (χ4n) is 1.23. The largest absolute Gasteiger partial charge is 0.370 e. The van der Waals surface area contributed by atoms with Gasteiger partial charge in [0.1, 0.15) is 5.82 Å². The van der Waals surface area contributed by atoms with E-state index in [1.54, 1.807) is 19.1 Å². The van der Waals surface area contributed by atoms with Crippen LogP contribution in [0.1, 0.15) is 23.6 Å². The third-order valence-corrected chi connectivity index (χ3v) is 2.03. The first-order valence-corrected chi connectivity index (χ1v) is 4.30.